The molecule has 0 aliphatic carbocycles. The van der Waals surface area contributed by atoms with E-state index in [1.54, 1.807) is 17.0 Å². The number of carbonyl (C=O) groups is 2. The van der Waals surface area contributed by atoms with Gasteiger partial charge in [-0.05, 0) is 42.7 Å². The molecule has 2 amide bonds. The summed E-state index contributed by atoms with van der Waals surface area (Å²) in [5, 5.41) is 3.41. The van der Waals surface area contributed by atoms with Crippen molar-refractivity contribution in [3.63, 3.8) is 0 Å². The molecule has 0 bridgehead atoms. The molecule has 6 heteroatoms. The van der Waals surface area contributed by atoms with E-state index in [1.807, 2.05) is 12.1 Å². The molecular weight excluding hydrogens is 316 g/mol. The van der Waals surface area contributed by atoms with Gasteiger partial charge in [0.05, 0.1) is 11.8 Å². The Kier molecular flexibility index (Phi) is 4.67. The largest absolute Gasteiger partial charge is 0.472 e. The number of halogens is 1. The van der Waals surface area contributed by atoms with E-state index in [0.717, 1.165) is 24.1 Å². The summed E-state index contributed by atoms with van der Waals surface area (Å²) in [7, 11) is 0. The molecule has 0 atom stereocenters. The summed E-state index contributed by atoms with van der Waals surface area (Å²) in [5.41, 5.74) is 2.47. The van der Waals surface area contributed by atoms with Crippen LogP contribution < -0.4 is 10.2 Å². The molecule has 0 saturated carbocycles. The van der Waals surface area contributed by atoms with E-state index in [0.29, 0.717) is 23.7 Å². The smallest absolute Gasteiger partial charge is 0.254 e. The van der Waals surface area contributed by atoms with E-state index in [2.05, 4.69) is 5.32 Å². The Labute approximate surface area is 139 Å². The monoisotopic (exact) mass is 332 g/mol. The highest BCUT2D eigenvalue weighted by Crippen LogP contribution is 2.29. The Morgan fingerprint density at radius 1 is 1.30 bits per heavy atom. The number of nitrogens with zero attached hydrogens (tertiary/aromatic N) is 1. The molecule has 1 aliphatic rings. The van der Waals surface area contributed by atoms with Crippen molar-refractivity contribution < 1.29 is 14.0 Å². The first-order valence-electron chi connectivity index (χ1n) is 7.54. The van der Waals surface area contributed by atoms with E-state index in [4.69, 9.17) is 16.0 Å². The fourth-order valence-corrected chi connectivity index (χ4v) is 2.93. The number of benzene rings is 1. The van der Waals surface area contributed by atoms with E-state index < -0.39 is 0 Å². The molecule has 0 saturated heterocycles. The van der Waals surface area contributed by atoms with Gasteiger partial charge in [-0.25, -0.2) is 0 Å². The van der Waals surface area contributed by atoms with E-state index in [9.17, 15) is 9.59 Å². The average Bonchev–Trinajstić information content (AvgIpc) is 3.08. The van der Waals surface area contributed by atoms with Crippen LogP contribution in [0.4, 0.5) is 5.69 Å². The summed E-state index contributed by atoms with van der Waals surface area (Å²) in [6, 6.07) is 7.18. The van der Waals surface area contributed by atoms with Crippen molar-refractivity contribution in [2.45, 2.75) is 19.3 Å². The van der Waals surface area contributed by atoms with E-state index in [-0.39, 0.29) is 18.2 Å². The van der Waals surface area contributed by atoms with Crippen LogP contribution in [0.3, 0.4) is 0 Å². The Bertz CT molecular complexity index is 713. The SMILES string of the molecule is O=C(NCCC(=O)N1CCCc2cc(Cl)ccc21)c1ccoc1. The third kappa shape index (κ3) is 3.56. The predicted octanol–water partition coefficient (Wildman–Crippen LogP) is 3.03. The second-order valence-electron chi connectivity index (χ2n) is 5.44. The van der Waals surface area contributed by atoms with Crippen LogP contribution in [0.1, 0.15) is 28.8 Å². The van der Waals surface area contributed by atoms with Crippen molar-refractivity contribution in [2.24, 2.45) is 0 Å². The molecule has 23 heavy (non-hydrogen) atoms. The summed E-state index contributed by atoms with van der Waals surface area (Å²) in [6.45, 7) is 0.991. The molecule has 1 aromatic carbocycles. The molecule has 5 nitrogen and oxygen atoms in total. The maximum Gasteiger partial charge on any atom is 0.254 e. The zero-order valence-electron chi connectivity index (χ0n) is 12.5. The van der Waals surface area contributed by atoms with Gasteiger partial charge in [0.2, 0.25) is 5.91 Å². The molecule has 0 fully saturated rings. The minimum Gasteiger partial charge on any atom is -0.472 e. The van der Waals surface area contributed by atoms with Gasteiger partial charge in [0.15, 0.2) is 0 Å². The number of hydrogen-bond donors (Lipinski definition) is 1. The number of hydrogen-bond acceptors (Lipinski definition) is 3. The highest BCUT2D eigenvalue weighted by atomic mass is 35.5. The normalized spacial score (nSPS) is 13.5. The standard InChI is InChI=1S/C17H17ClN2O3/c18-14-3-4-15-12(10-14)2-1-8-20(15)16(21)5-7-19-17(22)13-6-9-23-11-13/h3-4,6,9-11H,1-2,5,7-8H2,(H,19,22). The lowest BCUT2D eigenvalue weighted by Crippen LogP contribution is -2.37. The number of carbonyl (C=O) groups excluding carboxylic acids is 2. The Morgan fingerprint density at radius 3 is 2.96 bits per heavy atom. The Morgan fingerprint density at radius 2 is 2.17 bits per heavy atom. The minimum absolute atomic E-state index is 0.000709. The van der Waals surface area contributed by atoms with Crippen LogP contribution in [0.15, 0.2) is 41.2 Å². The third-order valence-electron chi connectivity index (χ3n) is 3.87. The molecular formula is C17H17ClN2O3. The lowest BCUT2D eigenvalue weighted by molar-refractivity contribution is -0.118. The third-order valence-corrected chi connectivity index (χ3v) is 4.10. The number of anilines is 1. The van der Waals surface area contributed by atoms with Gasteiger partial charge in [0.25, 0.3) is 5.91 Å². The zero-order chi connectivity index (χ0) is 16.2. The predicted molar refractivity (Wildman–Crippen MR) is 87.8 cm³/mol. The van der Waals surface area contributed by atoms with E-state index in [1.165, 1.54) is 12.5 Å². The highest BCUT2D eigenvalue weighted by Gasteiger charge is 2.22. The molecule has 120 valence electrons. The second-order valence-corrected chi connectivity index (χ2v) is 5.88. The number of aryl methyl sites for hydroxylation is 1. The molecule has 1 aliphatic heterocycles. The van der Waals surface area contributed by atoms with Gasteiger partial charge < -0.3 is 14.6 Å². The van der Waals surface area contributed by atoms with Crippen molar-refractivity contribution in [3.8, 4) is 0 Å². The molecule has 0 spiro atoms. The number of amides is 2. The van der Waals surface area contributed by atoms with Crippen LogP contribution >= 0.6 is 11.6 Å². The maximum atomic E-state index is 12.4. The zero-order valence-corrected chi connectivity index (χ0v) is 13.3. The quantitative estimate of drug-likeness (QED) is 0.936. The second kappa shape index (κ2) is 6.87. The Hall–Kier alpha value is -2.27. The summed E-state index contributed by atoms with van der Waals surface area (Å²) >= 11 is 6.01. The van der Waals surface area contributed by atoms with Gasteiger partial charge in [0.1, 0.15) is 6.26 Å². The summed E-state index contributed by atoms with van der Waals surface area (Å²) in [4.78, 5) is 26.0. The van der Waals surface area contributed by atoms with Crippen LogP contribution in [-0.2, 0) is 11.2 Å². The molecule has 2 aromatic rings. The van der Waals surface area contributed by atoms with Crippen molar-refractivity contribution in [1.29, 1.82) is 0 Å². The van der Waals surface area contributed by atoms with Gasteiger partial charge in [-0.1, -0.05) is 11.6 Å². The fraction of sp³-hybridized carbons (Fsp3) is 0.294. The molecule has 0 radical (unpaired) electrons. The summed E-state index contributed by atoms with van der Waals surface area (Å²) in [6.07, 6.45) is 4.92. The first kappa shape index (κ1) is 15.6. The van der Waals surface area contributed by atoms with Crippen LogP contribution in [0.25, 0.3) is 0 Å². The first-order valence-corrected chi connectivity index (χ1v) is 7.92. The summed E-state index contributed by atoms with van der Waals surface area (Å²) in [5.74, 6) is -0.238. The first-order chi connectivity index (χ1) is 11.1. The Balaban J connectivity index is 1.58. The number of furan rings is 1. The van der Waals surface area contributed by atoms with Gasteiger partial charge in [-0.2, -0.15) is 0 Å². The van der Waals surface area contributed by atoms with E-state index >= 15 is 0 Å². The van der Waals surface area contributed by atoms with Gasteiger partial charge in [-0.15, -0.1) is 0 Å². The number of fused-ring (bicyclic) bond motifs is 1. The van der Waals surface area contributed by atoms with Crippen molar-refractivity contribution in [1.82, 2.24) is 5.32 Å². The maximum absolute atomic E-state index is 12.4. The summed E-state index contributed by atoms with van der Waals surface area (Å²) < 4.78 is 4.86. The van der Waals surface area contributed by atoms with Crippen molar-refractivity contribution in [2.75, 3.05) is 18.0 Å². The molecule has 1 N–H and O–H groups in total. The lowest BCUT2D eigenvalue weighted by Gasteiger charge is -2.29. The van der Waals surface area contributed by atoms with Crippen molar-refractivity contribution in [3.05, 3.63) is 52.9 Å². The van der Waals surface area contributed by atoms with Crippen LogP contribution in [0.5, 0.6) is 0 Å². The highest BCUT2D eigenvalue weighted by molar-refractivity contribution is 6.30. The molecule has 0 unspecified atom stereocenters. The van der Waals surface area contributed by atoms with Crippen LogP contribution in [0, 0.1) is 0 Å². The topological polar surface area (TPSA) is 62.6 Å². The van der Waals surface area contributed by atoms with Crippen LogP contribution in [-0.4, -0.2) is 24.9 Å². The van der Waals surface area contributed by atoms with Crippen molar-refractivity contribution >= 4 is 29.1 Å². The van der Waals surface area contributed by atoms with Gasteiger partial charge in [0, 0.05) is 30.2 Å². The lowest BCUT2D eigenvalue weighted by atomic mass is 10.0. The van der Waals surface area contributed by atoms with Gasteiger partial charge in [-0.3, -0.25) is 9.59 Å². The minimum atomic E-state index is -0.239. The molecule has 2 heterocycles. The number of nitrogens with one attached hydrogen (secondary N) is 1. The van der Waals surface area contributed by atoms with Crippen LogP contribution in [0.2, 0.25) is 5.02 Å². The average molecular weight is 333 g/mol. The fourth-order valence-electron chi connectivity index (χ4n) is 2.74. The molecule has 1 aromatic heterocycles. The number of rotatable bonds is 4. The molecule has 3 rings (SSSR count). The van der Waals surface area contributed by atoms with Gasteiger partial charge >= 0.3 is 0 Å².